The summed E-state index contributed by atoms with van der Waals surface area (Å²) in [5.41, 5.74) is 3.71. The first-order chi connectivity index (χ1) is 16.9. The number of hydrogen-bond acceptors (Lipinski definition) is 6. The van der Waals surface area contributed by atoms with Gasteiger partial charge in [-0.1, -0.05) is 30.3 Å². The summed E-state index contributed by atoms with van der Waals surface area (Å²) in [4.78, 5) is 43.2. The monoisotopic (exact) mass is 476 g/mol. The van der Waals surface area contributed by atoms with Gasteiger partial charge in [0, 0.05) is 49.8 Å². The molecule has 1 N–H and O–H groups in total. The number of rotatable bonds is 6. The number of likely N-dealkylation sites (N-methyl/N-ethyl adjacent to an activating group) is 1. The number of nitrogens with one attached hydrogen (secondary N) is 1. The van der Waals surface area contributed by atoms with E-state index in [1.807, 2.05) is 6.07 Å². The Bertz CT molecular complexity index is 1120. The molecule has 2 saturated heterocycles. The van der Waals surface area contributed by atoms with Crippen LogP contribution in [0, 0.1) is 0 Å². The predicted molar refractivity (Wildman–Crippen MR) is 131 cm³/mol. The molecule has 5 rings (SSSR count). The van der Waals surface area contributed by atoms with Crippen LogP contribution in [0.1, 0.15) is 52.9 Å². The van der Waals surface area contributed by atoms with Crippen molar-refractivity contribution in [2.24, 2.45) is 0 Å². The van der Waals surface area contributed by atoms with Gasteiger partial charge in [-0.25, -0.2) is 0 Å². The van der Waals surface area contributed by atoms with Gasteiger partial charge in [-0.05, 0) is 43.7 Å². The van der Waals surface area contributed by atoms with Crippen LogP contribution in [0.5, 0.6) is 5.75 Å². The minimum atomic E-state index is -0.629. The number of hydrogen-bond donors (Lipinski definition) is 1. The van der Waals surface area contributed by atoms with Crippen LogP contribution in [0.4, 0.5) is 0 Å². The van der Waals surface area contributed by atoms with Crippen molar-refractivity contribution in [2.75, 3.05) is 33.2 Å². The molecule has 2 aromatic carbocycles. The Balaban J connectivity index is 1.23. The molecule has 0 aromatic heterocycles. The lowest BCUT2D eigenvalue weighted by Crippen LogP contribution is -2.52. The number of imide groups is 1. The number of piperidine rings is 1. The van der Waals surface area contributed by atoms with Gasteiger partial charge in [0.05, 0.1) is 6.54 Å². The van der Waals surface area contributed by atoms with Gasteiger partial charge in [0.2, 0.25) is 11.8 Å². The first-order valence-corrected chi connectivity index (χ1v) is 12.3. The summed E-state index contributed by atoms with van der Waals surface area (Å²) in [6.45, 7) is 7.31. The maximum absolute atomic E-state index is 13.0. The highest BCUT2D eigenvalue weighted by Crippen LogP contribution is 2.34. The zero-order valence-corrected chi connectivity index (χ0v) is 20.3. The lowest BCUT2D eigenvalue weighted by molar-refractivity contribution is -0.136. The van der Waals surface area contributed by atoms with Crippen molar-refractivity contribution >= 4 is 17.7 Å². The summed E-state index contributed by atoms with van der Waals surface area (Å²) in [5.74, 6) is -0.234. The molecule has 3 heterocycles. The molecule has 0 saturated carbocycles. The molecule has 8 nitrogen and oxygen atoms in total. The van der Waals surface area contributed by atoms with Gasteiger partial charge < -0.3 is 14.5 Å². The van der Waals surface area contributed by atoms with Crippen LogP contribution in [0.25, 0.3) is 0 Å². The van der Waals surface area contributed by atoms with E-state index in [1.54, 1.807) is 17.0 Å². The van der Waals surface area contributed by atoms with Gasteiger partial charge in [0.15, 0.2) is 0 Å². The molecule has 0 spiro atoms. The second-order valence-electron chi connectivity index (χ2n) is 9.73. The van der Waals surface area contributed by atoms with Crippen LogP contribution in [0.2, 0.25) is 0 Å². The molecule has 3 aliphatic heterocycles. The molecule has 2 atom stereocenters. The van der Waals surface area contributed by atoms with Crippen molar-refractivity contribution in [1.29, 1.82) is 0 Å². The third-order valence-electron chi connectivity index (χ3n) is 7.48. The van der Waals surface area contributed by atoms with Crippen molar-refractivity contribution < 1.29 is 19.1 Å². The second kappa shape index (κ2) is 9.79. The third-order valence-corrected chi connectivity index (χ3v) is 7.48. The Morgan fingerprint density at radius 1 is 1.03 bits per heavy atom. The standard InChI is InChI=1S/C27H32N4O4/c1-18(30-14-12-29(2)13-15-30)20-8-6-19(7-9-20)17-35-24-5-3-4-21-22(24)16-31(27(21)34)23-10-11-25(32)28-26(23)33/h3-9,18,23H,10-17H2,1-2H3,(H,28,32,33). The maximum Gasteiger partial charge on any atom is 0.255 e. The van der Waals surface area contributed by atoms with Crippen molar-refractivity contribution in [3.63, 3.8) is 0 Å². The van der Waals surface area contributed by atoms with E-state index < -0.39 is 11.9 Å². The quantitative estimate of drug-likeness (QED) is 0.645. The van der Waals surface area contributed by atoms with E-state index in [-0.39, 0.29) is 18.2 Å². The Morgan fingerprint density at radius 3 is 2.49 bits per heavy atom. The van der Waals surface area contributed by atoms with Crippen LogP contribution in [-0.2, 0) is 22.7 Å². The molecule has 2 aromatic rings. The Kier molecular flexibility index (Phi) is 6.58. The normalized spacial score (nSPS) is 22.2. The minimum absolute atomic E-state index is 0.192. The van der Waals surface area contributed by atoms with Gasteiger partial charge in [0.1, 0.15) is 18.4 Å². The average molecular weight is 477 g/mol. The van der Waals surface area contributed by atoms with Crippen LogP contribution < -0.4 is 10.1 Å². The molecule has 0 bridgehead atoms. The third kappa shape index (κ3) is 4.81. The molecular formula is C27H32N4O4. The number of nitrogens with zero attached hydrogens (tertiary/aromatic N) is 3. The Morgan fingerprint density at radius 2 is 1.77 bits per heavy atom. The molecule has 3 amide bonds. The van der Waals surface area contributed by atoms with Crippen LogP contribution in [-0.4, -0.2) is 71.7 Å². The number of piperazine rings is 1. The number of fused-ring (bicyclic) bond motifs is 1. The molecule has 3 aliphatic rings. The smallest absolute Gasteiger partial charge is 0.255 e. The fraction of sp³-hybridized carbons (Fsp3) is 0.444. The van der Waals surface area contributed by atoms with Gasteiger partial charge >= 0.3 is 0 Å². The van der Waals surface area contributed by atoms with Crippen LogP contribution in [0.3, 0.4) is 0 Å². The number of amides is 3. The zero-order valence-electron chi connectivity index (χ0n) is 20.3. The van der Waals surface area contributed by atoms with E-state index >= 15 is 0 Å². The molecule has 184 valence electrons. The lowest BCUT2D eigenvalue weighted by Gasteiger charge is -2.36. The fourth-order valence-corrected chi connectivity index (χ4v) is 5.17. The van der Waals surface area contributed by atoms with E-state index in [0.717, 1.165) is 37.3 Å². The van der Waals surface area contributed by atoms with E-state index in [9.17, 15) is 14.4 Å². The number of carbonyl (C=O) groups excluding carboxylic acids is 3. The van der Waals surface area contributed by atoms with E-state index in [1.165, 1.54) is 5.56 Å². The van der Waals surface area contributed by atoms with Crippen molar-refractivity contribution in [3.8, 4) is 5.75 Å². The first kappa shape index (κ1) is 23.5. The van der Waals surface area contributed by atoms with Crippen molar-refractivity contribution in [3.05, 3.63) is 64.7 Å². The zero-order chi connectivity index (χ0) is 24.5. The summed E-state index contributed by atoms with van der Waals surface area (Å²) in [7, 11) is 2.17. The number of carbonyl (C=O) groups is 3. The lowest BCUT2D eigenvalue weighted by atomic mass is 10.0. The van der Waals surface area contributed by atoms with Gasteiger partial charge in [-0.2, -0.15) is 0 Å². The van der Waals surface area contributed by atoms with Crippen LogP contribution in [0.15, 0.2) is 42.5 Å². The summed E-state index contributed by atoms with van der Waals surface area (Å²) >= 11 is 0. The maximum atomic E-state index is 13.0. The first-order valence-electron chi connectivity index (χ1n) is 12.3. The summed E-state index contributed by atoms with van der Waals surface area (Å²) in [6, 6.07) is 13.7. The molecule has 8 heteroatoms. The van der Waals surface area contributed by atoms with E-state index in [4.69, 9.17) is 4.74 Å². The van der Waals surface area contributed by atoms with Crippen LogP contribution >= 0.6 is 0 Å². The fourth-order valence-electron chi connectivity index (χ4n) is 5.17. The predicted octanol–water partition coefficient (Wildman–Crippen LogP) is 2.33. The second-order valence-corrected chi connectivity index (χ2v) is 9.73. The largest absolute Gasteiger partial charge is 0.489 e. The summed E-state index contributed by atoms with van der Waals surface area (Å²) < 4.78 is 6.14. The highest BCUT2D eigenvalue weighted by atomic mass is 16.5. The average Bonchev–Trinajstić information content (AvgIpc) is 3.20. The molecular weight excluding hydrogens is 444 g/mol. The summed E-state index contributed by atoms with van der Waals surface area (Å²) in [5, 5.41) is 2.34. The van der Waals surface area contributed by atoms with Crippen molar-refractivity contribution in [2.45, 2.75) is 45.0 Å². The topological polar surface area (TPSA) is 82.2 Å². The van der Waals surface area contributed by atoms with Gasteiger partial charge in [-0.15, -0.1) is 0 Å². The van der Waals surface area contributed by atoms with Gasteiger partial charge in [0.25, 0.3) is 5.91 Å². The Hall–Kier alpha value is -3.23. The molecule has 0 radical (unpaired) electrons. The molecule has 2 fully saturated rings. The summed E-state index contributed by atoms with van der Waals surface area (Å²) in [6.07, 6.45) is 0.586. The van der Waals surface area contributed by atoms with E-state index in [2.05, 4.69) is 53.4 Å². The highest BCUT2D eigenvalue weighted by molar-refractivity contribution is 6.05. The minimum Gasteiger partial charge on any atom is -0.489 e. The van der Waals surface area contributed by atoms with Gasteiger partial charge in [-0.3, -0.25) is 24.6 Å². The number of ether oxygens (including phenoxy) is 1. The van der Waals surface area contributed by atoms with E-state index in [0.29, 0.717) is 36.9 Å². The molecule has 0 aliphatic carbocycles. The molecule has 2 unspecified atom stereocenters. The molecule has 35 heavy (non-hydrogen) atoms. The van der Waals surface area contributed by atoms with Crippen molar-refractivity contribution in [1.82, 2.24) is 20.0 Å². The highest BCUT2D eigenvalue weighted by Gasteiger charge is 2.40. The Labute approximate surface area is 205 Å². The number of benzene rings is 2. The SMILES string of the molecule is CC(c1ccc(COc2cccc3c2CN(C2CCC(=O)NC2=O)C3=O)cc1)N1CCN(C)CC1.